The van der Waals surface area contributed by atoms with E-state index in [0.29, 0.717) is 22.6 Å². The summed E-state index contributed by atoms with van der Waals surface area (Å²) in [7, 11) is -3.64. The number of hydrogen-bond acceptors (Lipinski definition) is 6. The molecule has 0 radical (unpaired) electrons. The van der Waals surface area contributed by atoms with Crippen LogP contribution >= 0.6 is 12.2 Å². The lowest BCUT2D eigenvalue weighted by Crippen LogP contribution is -2.32. The minimum Gasteiger partial charge on any atom is -0.332 e. The summed E-state index contributed by atoms with van der Waals surface area (Å²) in [5, 5.41) is 5.35. The van der Waals surface area contributed by atoms with E-state index in [1.165, 1.54) is 48.6 Å². The molecule has 0 aliphatic heterocycles. The summed E-state index contributed by atoms with van der Waals surface area (Å²) in [5.41, 5.74) is 2.57. The third-order valence-electron chi connectivity index (χ3n) is 4.35. The summed E-state index contributed by atoms with van der Waals surface area (Å²) in [6.45, 7) is 3.57. The maximum Gasteiger partial charge on any atom is 0.250 e. The van der Waals surface area contributed by atoms with Crippen LogP contribution in [-0.4, -0.2) is 29.4 Å². The molecule has 3 aromatic rings. The predicted octanol–water partition coefficient (Wildman–Crippen LogP) is 3.73. The summed E-state index contributed by atoms with van der Waals surface area (Å²) in [6, 6.07) is 13.4. The van der Waals surface area contributed by atoms with E-state index in [4.69, 9.17) is 12.2 Å². The second kappa shape index (κ2) is 10.4. The van der Waals surface area contributed by atoms with Gasteiger partial charge in [0.05, 0.1) is 4.90 Å². The van der Waals surface area contributed by atoms with Crippen LogP contribution in [0.2, 0.25) is 0 Å². The van der Waals surface area contributed by atoms with Crippen molar-refractivity contribution in [2.24, 2.45) is 0 Å². The van der Waals surface area contributed by atoms with Crippen LogP contribution in [-0.2, 0) is 20.4 Å². The minimum atomic E-state index is -3.64. The van der Waals surface area contributed by atoms with Crippen LogP contribution in [0, 0.1) is 19.7 Å². The molecule has 0 aliphatic carbocycles. The van der Waals surface area contributed by atoms with Crippen molar-refractivity contribution in [2.75, 3.05) is 5.32 Å². The molecule has 1 heterocycles. The Balaban J connectivity index is 1.58. The maximum atomic E-state index is 12.9. The van der Waals surface area contributed by atoms with Crippen LogP contribution in [0.15, 0.2) is 65.6 Å². The van der Waals surface area contributed by atoms with E-state index in [1.807, 2.05) is 0 Å². The number of thiocarbonyl (C=S) groups is 1. The zero-order chi connectivity index (χ0) is 24.0. The van der Waals surface area contributed by atoms with Crippen molar-refractivity contribution in [1.82, 2.24) is 15.3 Å². The number of aromatic nitrogens is 2. The summed E-state index contributed by atoms with van der Waals surface area (Å²) in [5.74, 6) is -0.895. The number of rotatable bonds is 6. The third kappa shape index (κ3) is 7.26. The molecule has 170 valence electrons. The predicted molar refractivity (Wildman–Crippen MR) is 129 cm³/mol. The van der Waals surface area contributed by atoms with Crippen LogP contribution in [0.5, 0.6) is 0 Å². The highest BCUT2D eigenvalue weighted by atomic mass is 32.2. The van der Waals surface area contributed by atoms with E-state index >= 15 is 0 Å². The van der Waals surface area contributed by atoms with Gasteiger partial charge in [0.25, 0.3) is 0 Å². The fourth-order valence-electron chi connectivity index (χ4n) is 2.92. The molecular formula is C23H21FN4O3S2. The van der Waals surface area contributed by atoms with E-state index < -0.39 is 15.7 Å². The monoisotopic (exact) mass is 484 g/mol. The quantitative estimate of drug-likeness (QED) is 0.406. The van der Waals surface area contributed by atoms with Gasteiger partial charge in [-0.1, -0.05) is 12.1 Å². The van der Waals surface area contributed by atoms with Gasteiger partial charge in [0.1, 0.15) is 17.4 Å². The van der Waals surface area contributed by atoms with Crippen LogP contribution < -0.4 is 10.6 Å². The molecule has 0 atom stereocenters. The lowest BCUT2D eigenvalue weighted by atomic mass is 10.2. The highest BCUT2D eigenvalue weighted by Gasteiger charge is 2.18. The molecule has 0 saturated heterocycles. The molecule has 33 heavy (non-hydrogen) atoms. The standard InChI is InChI=1S/C23H21FN4O3S2/c1-15-13-16(2)26-21(25-15)14-33(30,31)20-10-8-19(9-11-20)27-23(32)28-22(29)12-5-17-3-6-18(24)7-4-17/h3-13H,14H2,1-2H3,(H2,27,28,29,32)/b12-5+. The molecule has 0 unspecified atom stereocenters. The zero-order valence-electron chi connectivity index (χ0n) is 17.9. The average Bonchev–Trinajstić information content (AvgIpc) is 2.72. The highest BCUT2D eigenvalue weighted by molar-refractivity contribution is 7.90. The van der Waals surface area contributed by atoms with Crippen LogP contribution in [0.3, 0.4) is 0 Å². The van der Waals surface area contributed by atoms with Crippen molar-refractivity contribution in [3.63, 3.8) is 0 Å². The van der Waals surface area contributed by atoms with E-state index in [-0.39, 0.29) is 27.4 Å². The van der Waals surface area contributed by atoms with E-state index in [9.17, 15) is 17.6 Å². The first-order valence-corrected chi connectivity index (χ1v) is 11.9. The first kappa shape index (κ1) is 24.1. The van der Waals surface area contributed by atoms with Gasteiger partial charge in [0.2, 0.25) is 5.91 Å². The lowest BCUT2D eigenvalue weighted by Gasteiger charge is -2.10. The van der Waals surface area contributed by atoms with Crippen molar-refractivity contribution < 1.29 is 17.6 Å². The van der Waals surface area contributed by atoms with E-state index in [0.717, 1.165) is 0 Å². The van der Waals surface area contributed by atoms with Crippen LogP contribution in [0.4, 0.5) is 10.1 Å². The highest BCUT2D eigenvalue weighted by Crippen LogP contribution is 2.18. The first-order valence-electron chi connectivity index (χ1n) is 9.80. The average molecular weight is 485 g/mol. The molecule has 1 aromatic heterocycles. The van der Waals surface area contributed by atoms with Gasteiger partial charge in [-0.3, -0.25) is 10.1 Å². The number of aryl methyl sites for hydroxylation is 2. The Bertz CT molecular complexity index is 1290. The smallest absolute Gasteiger partial charge is 0.250 e. The van der Waals surface area contributed by atoms with E-state index in [1.54, 1.807) is 32.0 Å². The number of nitrogens with zero attached hydrogens (tertiary/aromatic N) is 2. The molecule has 0 bridgehead atoms. The molecule has 3 rings (SSSR count). The largest absolute Gasteiger partial charge is 0.332 e. The maximum absolute atomic E-state index is 12.9. The van der Waals surface area contributed by atoms with Crippen molar-refractivity contribution in [3.05, 3.63) is 89.3 Å². The number of benzene rings is 2. The number of carbonyl (C=O) groups excluding carboxylic acids is 1. The fourth-order valence-corrected chi connectivity index (χ4v) is 4.33. The number of amides is 1. The minimum absolute atomic E-state index is 0.0444. The van der Waals surface area contributed by atoms with Crippen molar-refractivity contribution >= 4 is 44.8 Å². The molecule has 0 aliphatic rings. The first-order chi connectivity index (χ1) is 15.6. The molecule has 10 heteroatoms. The Morgan fingerprint density at radius 2 is 1.64 bits per heavy atom. The Morgan fingerprint density at radius 3 is 2.24 bits per heavy atom. The number of carbonyl (C=O) groups is 1. The van der Waals surface area contributed by atoms with Gasteiger partial charge in [-0.05, 0) is 80.2 Å². The normalized spacial score (nSPS) is 11.4. The van der Waals surface area contributed by atoms with Crippen LogP contribution in [0.25, 0.3) is 6.08 Å². The Morgan fingerprint density at radius 1 is 1.03 bits per heavy atom. The summed E-state index contributed by atoms with van der Waals surface area (Å²) in [6.07, 6.45) is 2.79. The molecule has 1 amide bonds. The Labute approximate surface area is 196 Å². The molecule has 7 nitrogen and oxygen atoms in total. The van der Waals surface area contributed by atoms with Crippen LogP contribution in [0.1, 0.15) is 22.8 Å². The van der Waals surface area contributed by atoms with Gasteiger partial charge >= 0.3 is 0 Å². The Kier molecular flexibility index (Phi) is 7.62. The van der Waals surface area contributed by atoms with Crippen molar-refractivity contribution in [1.29, 1.82) is 0 Å². The summed E-state index contributed by atoms with van der Waals surface area (Å²) < 4.78 is 38.3. The number of halogens is 1. The molecule has 2 N–H and O–H groups in total. The summed E-state index contributed by atoms with van der Waals surface area (Å²) >= 11 is 5.12. The molecule has 2 aromatic carbocycles. The molecule has 0 spiro atoms. The van der Waals surface area contributed by atoms with E-state index in [2.05, 4.69) is 20.6 Å². The van der Waals surface area contributed by atoms with Gasteiger partial charge in [-0.2, -0.15) is 0 Å². The zero-order valence-corrected chi connectivity index (χ0v) is 19.5. The van der Waals surface area contributed by atoms with Gasteiger partial charge in [0.15, 0.2) is 14.9 Å². The second-order valence-electron chi connectivity index (χ2n) is 7.18. The topological polar surface area (TPSA) is 101 Å². The number of sulfone groups is 1. The summed E-state index contributed by atoms with van der Waals surface area (Å²) in [4.78, 5) is 20.5. The fraction of sp³-hybridized carbons (Fsp3) is 0.130. The number of nitrogens with one attached hydrogen (secondary N) is 2. The van der Waals surface area contributed by atoms with Gasteiger partial charge < -0.3 is 5.32 Å². The number of anilines is 1. The number of hydrogen-bond donors (Lipinski definition) is 2. The lowest BCUT2D eigenvalue weighted by molar-refractivity contribution is -0.115. The van der Waals surface area contributed by atoms with Crippen molar-refractivity contribution in [2.45, 2.75) is 24.5 Å². The van der Waals surface area contributed by atoms with Gasteiger partial charge in [-0.25, -0.2) is 22.8 Å². The molecular weight excluding hydrogens is 463 g/mol. The van der Waals surface area contributed by atoms with Gasteiger partial charge in [-0.15, -0.1) is 0 Å². The molecule has 0 saturated carbocycles. The molecule has 0 fully saturated rings. The third-order valence-corrected chi connectivity index (χ3v) is 6.19. The van der Waals surface area contributed by atoms with Crippen molar-refractivity contribution in [3.8, 4) is 0 Å². The Hall–Kier alpha value is -3.50. The van der Waals surface area contributed by atoms with Gasteiger partial charge in [0, 0.05) is 23.2 Å². The second-order valence-corrected chi connectivity index (χ2v) is 9.58. The SMILES string of the molecule is Cc1cc(C)nc(CS(=O)(=O)c2ccc(NC(=S)NC(=O)/C=C/c3ccc(F)cc3)cc2)n1.